The minimum atomic E-state index is 0.228. The van der Waals surface area contributed by atoms with Crippen molar-refractivity contribution in [1.82, 2.24) is 0 Å². The summed E-state index contributed by atoms with van der Waals surface area (Å²) < 4.78 is 5.24. The Labute approximate surface area is 84.6 Å². The molecule has 0 radical (unpaired) electrons. The first-order valence-electron chi connectivity index (χ1n) is 4.44. The lowest BCUT2D eigenvalue weighted by molar-refractivity contribution is 0.409. The number of ether oxygens (including phenoxy) is 1. The summed E-state index contributed by atoms with van der Waals surface area (Å²) in [5.41, 5.74) is 1.80. The zero-order chi connectivity index (χ0) is 10.6. The van der Waals surface area contributed by atoms with Gasteiger partial charge in [0.25, 0.3) is 6.57 Å². The fourth-order valence-corrected chi connectivity index (χ4v) is 1.28. The summed E-state index contributed by atoms with van der Waals surface area (Å²) in [7, 11) is 1.65. The molecule has 0 spiro atoms. The molecule has 0 heterocycles. The fourth-order valence-electron chi connectivity index (χ4n) is 1.28. The molecule has 0 fully saturated rings. The summed E-state index contributed by atoms with van der Waals surface area (Å²) >= 11 is 0. The van der Waals surface area contributed by atoms with E-state index in [1.165, 1.54) is 0 Å². The van der Waals surface area contributed by atoms with E-state index in [0.717, 1.165) is 17.0 Å². The van der Waals surface area contributed by atoms with Crippen LogP contribution in [0.1, 0.15) is 18.4 Å². The molecule has 0 aliphatic rings. The molecule has 0 saturated heterocycles. The molecular weight excluding hydrogens is 174 g/mol. The molecule has 0 aliphatic carbocycles. The number of methoxy groups -OCH3 is 1. The van der Waals surface area contributed by atoms with Crippen LogP contribution < -0.4 is 4.74 Å². The van der Waals surface area contributed by atoms with E-state index in [2.05, 4.69) is 11.4 Å². The number of rotatable bonds is 3. The van der Waals surface area contributed by atoms with Crippen LogP contribution in [0.3, 0.4) is 0 Å². The van der Waals surface area contributed by atoms with E-state index in [4.69, 9.17) is 11.3 Å². The smallest absolute Gasteiger partial charge is 0.340 e. The molecule has 1 aromatic carbocycles. The van der Waals surface area contributed by atoms with Crippen molar-refractivity contribution in [2.75, 3.05) is 7.11 Å². The van der Waals surface area contributed by atoms with Crippen LogP contribution in [0.25, 0.3) is 4.85 Å². The highest BCUT2D eigenvalue weighted by atomic mass is 16.5. The summed E-state index contributed by atoms with van der Waals surface area (Å²) in [6.07, 6.45) is 1.86. The van der Waals surface area contributed by atoms with Gasteiger partial charge in [-0.1, -0.05) is 13.0 Å². The van der Waals surface area contributed by atoms with Crippen LogP contribution in [-0.4, -0.2) is 7.11 Å². The Morgan fingerprint density at radius 3 is 2.79 bits per heavy atom. The third-order valence-electron chi connectivity index (χ3n) is 2.21. The lowest BCUT2D eigenvalue weighted by Gasteiger charge is -2.10. The van der Waals surface area contributed by atoms with Crippen LogP contribution in [0.4, 0.5) is 5.69 Å². The Kier molecular flexibility index (Phi) is 3.30. The van der Waals surface area contributed by atoms with Crippen molar-refractivity contribution >= 4 is 5.69 Å². The molecule has 1 unspecified atom stereocenters. The van der Waals surface area contributed by atoms with Crippen molar-refractivity contribution in [2.24, 2.45) is 0 Å². The minimum absolute atomic E-state index is 0.228. The molecule has 0 saturated carbocycles. The van der Waals surface area contributed by atoms with Crippen molar-refractivity contribution in [1.29, 1.82) is 0 Å². The summed E-state index contributed by atoms with van der Waals surface area (Å²) in [6.45, 7) is 11.0. The maximum absolute atomic E-state index is 5.24. The average molecular weight is 188 g/mol. The lowest BCUT2D eigenvalue weighted by Crippen LogP contribution is -1.94. The van der Waals surface area contributed by atoms with Gasteiger partial charge in [-0.25, -0.2) is 0 Å². The predicted octanol–water partition coefficient (Wildman–Crippen LogP) is 3.58. The Bertz CT molecular complexity index is 376. The number of benzene rings is 1. The van der Waals surface area contributed by atoms with E-state index in [-0.39, 0.29) is 5.92 Å². The topological polar surface area (TPSA) is 13.6 Å². The zero-order valence-corrected chi connectivity index (χ0v) is 8.53. The standard InChI is InChI=1S/C12H14NO/c1-5-9(2)11-8-10(13-3)6-7-12(11)14-4/h3,5-9H,1H2,2,4H3/q+1. The molecule has 0 bridgehead atoms. The maximum Gasteiger partial charge on any atom is 0.340 e. The van der Waals surface area contributed by atoms with E-state index < -0.39 is 0 Å². The van der Waals surface area contributed by atoms with Crippen molar-refractivity contribution in [3.05, 3.63) is 41.3 Å². The Morgan fingerprint density at radius 1 is 1.57 bits per heavy atom. The number of hydrogen-bond acceptors (Lipinski definition) is 1. The molecule has 0 N–H and O–H groups in total. The van der Waals surface area contributed by atoms with Crippen molar-refractivity contribution in [2.45, 2.75) is 12.8 Å². The predicted molar refractivity (Wildman–Crippen MR) is 59.6 cm³/mol. The first-order chi connectivity index (χ1) is 6.72. The molecule has 0 aliphatic heterocycles. The molecule has 2 heteroatoms. The molecular formula is C12H14NO+. The van der Waals surface area contributed by atoms with Crippen LogP contribution in [0.15, 0.2) is 30.9 Å². The highest BCUT2D eigenvalue weighted by Crippen LogP contribution is 2.30. The molecule has 1 atom stereocenters. The molecule has 1 aromatic rings. The third-order valence-corrected chi connectivity index (χ3v) is 2.21. The average Bonchev–Trinajstić information content (AvgIpc) is 2.27. The number of allylic oxidation sites excluding steroid dienone is 1. The second kappa shape index (κ2) is 4.48. The monoisotopic (exact) mass is 188 g/mol. The van der Waals surface area contributed by atoms with Gasteiger partial charge >= 0.3 is 5.69 Å². The van der Waals surface area contributed by atoms with Crippen molar-refractivity contribution < 1.29 is 4.74 Å². The van der Waals surface area contributed by atoms with Gasteiger partial charge in [0.15, 0.2) is 0 Å². The number of nitrogens with zero attached hydrogens (tertiary/aromatic N) is 1. The summed E-state index contributed by atoms with van der Waals surface area (Å²) in [5, 5.41) is 0. The van der Waals surface area contributed by atoms with Crippen molar-refractivity contribution in [3.8, 4) is 12.3 Å². The van der Waals surface area contributed by atoms with E-state index >= 15 is 0 Å². The van der Waals surface area contributed by atoms with Gasteiger partial charge in [0.05, 0.1) is 7.11 Å². The van der Waals surface area contributed by atoms with Crippen molar-refractivity contribution in [3.63, 3.8) is 0 Å². The maximum atomic E-state index is 5.24. The van der Waals surface area contributed by atoms with Gasteiger partial charge in [0.1, 0.15) is 5.75 Å². The highest BCUT2D eigenvalue weighted by molar-refractivity contribution is 5.54. The SMILES string of the molecule is C#[N+]c1ccc(OC)c(C(C)C=C)c1. The second-order valence-electron chi connectivity index (χ2n) is 3.08. The molecule has 0 aromatic heterocycles. The minimum Gasteiger partial charge on any atom is -0.496 e. The molecule has 72 valence electrons. The molecule has 14 heavy (non-hydrogen) atoms. The van der Waals surface area contributed by atoms with E-state index in [1.54, 1.807) is 7.11 Å². The van der Waals surface area contributed by atoms with Crippen LogP contribution in [0, 0.1) is 6.57 Å². The van der Waals surface area contributed by atoms with Gasteiger partial charge in [-0.05, 0) is 10.9 Å². The van der Waals surface area contributed by atoms with Crippen LogP contribution in [0.5, 0.6) is 5.75 Å². The normalized spacial score (nSPS) is 11.5. The zero-order valence-electron chi connectivity index (χ0n) is 8.53. The van der Waals surface area contributed by atoms with Gasteiger partial charge in [0, 0.05) is 23.6 Å². The van der Waals surface area contributed by atoms with Crippen LogP contribution >= 0.6 is 0 Å². The van der Waals surface area contributed by atoms with Crippen LogP contribution in [-0.2, 0) is 0 Å². The fraction of sp³-hybridized carbons (Fsp3) is 0.250. The summed E-state index contributed by atoms with van der Waals surface area (Å²) in [5.74, 6) is 1.07. The molecule has 1 rings (SSSR count). The summed E-state index contributed by atoms with van der Waals surface area (Å²) in [4.78, 5) is 3.63. The molecule has 2 nitrogen and oxygen atoms in total. The summed E-state index contributed by atoms with van der Waals surface area (Å²) in [6, 6.07) is 5.59. The third kappa shape index (κ3) is 1.94. The largest absolute Gasteiger partial charge is 0.496 e. The van der Waals surface area contributed by atoms with Gasteiger partial charge < -0.3 is 4.74 Å². The lowest BCUT2D eigenvalue weighted by atomic mass is 10.00. The number of hydrogen-bond donors (Lipinski definition) is 0. The van der Waals surface area contributed by atoms with Gasteiger partial charge in [-0.15, -0.1) is 6.58 Å². The van der Waals surface area contributed by atoms with E-state index in [1.807, 2.05) is 31.2 Å². The second-order valence-corrected chi connectivity index (χ2v) is 3.08. The highest BCUT2D eigenvalue weighted by Gasteiger charge is 2.12. The first kappa shape index (κ1) is 10.3. The quantitative estimate of drug-likeness (QED) is 0.661. The van der Waals surface area contributed by atoms with E-state index in [0.29, 0.717) is 0 Å². The van der Waals surface area contributed by atoms with Gasteiger partial charge in [-0.2, -0.15) is 0 Å². The Morgan fingerprint density at radius 2 is 2.29 bits per heavy atom. The Hall–Kier alpha value is -1.75. The van der Waals surface area contributed by atoms with Gasteiger partial charge in [-0.3, -0.25) is 0 Å². The molecule has 0 amide bonds. The van der Waals surface area contributed by atoms with Gasteiger partial charge in [0.2, 0.25) is 0 Å². The first-order valence-corrected chi connectivity index (χ1v) is 4.44. The Balaban J connectivity index is 3.22. The van der Waals surface area contributed by atoms with Crippen LogP contribution in [0.2, 0.25) is 0 Å². The van der Waals surface area contributed by atoms with E-state index in [9.17, 15) is 0 Å².